The van der Waals surface area contributed by atoms with E-state index in [4.69, 9.17) is 5.73 Å². The topological polar surface area (TPSA) is 53.6 Å². The number of hydrogen-bond acceptors (Lipinski definition) is 2. The predicted molar refractivity (Wildman–Crippen MR) is 97.6 cm³/mol. The number of nitrogens with two attached hydrogens (primary N) is 1. The lowest BCUT2D eigenvalue weighted by Gasteiger charge is -2.24. The molecule has 0 heterocycles. The Morgan fingerprint density at radius 2 is 1.73 bits per heavy atom. The first-order valence-electron chi connectivity index (χ1n) is 8.42. The summed E-state index contributed by atoms with van der Waals surface area (Å²) in [5, 5.41) is 3.17. The lowest BCUT2D eigenvalue weighted by Crippen LogP contribution is -2.36. The van der Waals surface area contributed by atoms with Crippen molar-refractivity contribution in [2.24, 2.45) is 10.7 Å². The molecule has 0 saturated heterocycles. The molecule has 2 atom stereocenters. The van der Waals surface area contributed by atoms with Gasteiger partial charge in [-0.25, -0.2) is 0 Å². The van der Waals surface area contributed by atoms with Gasteiger partial charge in [0.2, 0.25) is 0 Å². The van der Waals surface area contributed by atoms with Crippen molar-refractivity contribution >= 4 is 11.6 Å². The predicted octanol–water partition coefficient (Wildman–Crippen LogP) is 3.66. The van der Waals surface area contributed by atoms with E-state index in [1.54, 1.807) is 0 Å². The van der Waals surface area contributed by atoms with Crippen LogP contribution in [0.4, 0.5) is 5.69 Å². The number of rotatable bonds is 8. The average molecular weight is 304 g/mol. The highest BCUT2D eigenvalue weighted by Crippen LogP contribution is 2.20. The summed E-state index contributed by atoms with van der Waals surface area (Å²) in [7, 11) is 0. The molecule has 0 aliphatic rings. The maximum atomic E-state index is 5.98. The summed E-state index contributed by atoms with van der Waals surface area (Å²) < 4.78 is 0. The van der Waals surface area contributed by atoms with Crippen LogP contribution in [0.25, 0.3) is 0 Å². The minimum atomic E-state index is 0.406. The monoisotopic (exact) mass is 304 g/mol. The highest BCUT2D eigenvalue weighted by molar-refractivity contribution is 5.92. The zero-order chi connectivity index (χ0) is 16.5. The number of aliphatic imine (C=N–C) groups is 1. The first kappa shape index (κ1) is 18.5. The normalized spacial score (nSPS) is 14.9. The third kappa shape index (κ3) is 5.68. The summed E-state index contributed by atoms with van der Waals surface area (Å²) in [5.74, 6) is 1.07. The van der Waals surface area contributed by atoms with Crippen LogP contribution in [-0.4, -0.2) is 36.5 Å². The zero-order valence-corrected chi connectivity index (χ0v) is 14.8. The van der Waals surface area contributed by atoms with Crippen LogP contribution in [0.3, 0.4) is 0 Å². The fourth-order valence-corrected chi connectivity index (χ4v) is 2.51. The number of benzene rings is 1. The zero-order valence-electron chi connectivity index (χ0n) is 14.8. The molecule has 0 fully saturated rings. The highest BCUT2D eigenvalue weighted by Gasteiger charge is 2.09. The van der Waals surface area contributed by atoms with E-state index in [0.29, 0.717) is 24.5 Å². The van der Waals surface area contributed by atoms with Crippen molar-refractivity contribution in [2.75, 3.05) is 25.0 Å². The Bertz CT molecular complexity index is 449. The highest BCUT2D eigenvalue weighted by atomic mass is 15.2. The molecule has 124 valence electrons. The van der Waals surface area contributed by atoms with Gasteiger partial charge in [-0.2, -0.15) is 0 Å². The Morgan fingerprint density at radius 1 is 1.14 bits per heavy atom. The molecular formula is C18H32N4. The fraction of sp³-hybridized carbons (Fsp3) is 0.611. The van der Waals surface area contributed by atoms with Gasteiger partial charge in [-0.15, -0.1) is 0 Å². The summed E-state index contributed by atoms with van der Waals surface area (Å²) in [6.07, 6.45) is 1.15. The molecule has 1 aromatic carbocycles. The Morgan fingerprint density at radius 3 is 2.23 bits per heavy atom. The maximum absolute atomic E-state index is 5.98. The lowest BCUT2D eigenvalue weighted by molar-refractivity contribution is 0.237. The van der Waals surface area contributed by atoms with Crippen LogP contribution in [0.2, 0.25) is 0 Å². The van der Waals surface area contributed by atoms with Gasteiger partial charge in [-0.05, 0) is 50.0 Å². The second-order valence-corrected chi connectivity index (χ2v) is 5.85. The van der Waals surface area contributed by atoms with Crippen molar-refractivity contribution in [3.8, 4) is 0 Å². The van der Waals surface area contributed by atoms with Crippen LogP contribution in [0, 0.1) is 0 Å². The average Bonchev–Trinajstić information content (AvgIpc) is 2.54. The number of anilines is 1. The molecule has 4 heteroatoms. The van der Waals surface area contributed by atoms with E-state index < -0.39 is 0 Å². The SMILES string of the molecule is CCC(C)c1ccc(NC(N)=NCC(C)N(CC)CC)cc1. The van der Waals surface area contributed by atoms with Crippen molar-refractivity contribution in [1.82, 2.24) is 4.90 Å². The molecule has 0 saturated carbocycles. The van der Waals surface area contributed by atoms with E-state index in [9.17, 15) is 0 Å². The smallest absolute Gasteiger partial charge is 0.193 e. The summed E-state index contributed by atoms with van der Waals surface area (Å²) in [5.41, 5.74) is 8.33. The van der Waals surface area contributed by atoms with Crippen LogP contribution in [0.5, 0.6) is 0 Å². The second kappa shape index (κ2) is 9.46. The molecule has 0 aromatic heterocycles. The molecular weight excluding hydrogens is 272 g/mol. The Kier molecular flexibility index (Phi) is 7.96. The van der Waals surface area contributed by atoms with Gasteiger partial charge in [-0.1, -0.05) is 39.8 Å². The van der Waals surface area contributed by atoms with E-state index in [-0.39, 0.29) is 0 Å². The van der Waals surface area contributed by atoms with Crippen LogP contribution >= 0.6 is 0 Å². The molecule has 0 aliphatic carbocycles. The molecule has 0 amide bonds. The molecule has 22 heavy (non-hydrogen) atoms. The molecule has 0 spiro atoms. The standard InChI is InChI=1S/C18H32N4/c1-6-14(4)16-9-11-17(12-10-16)21-18(19)20-13-15(5)22(7-2)8-3/h9-12,14-15H,6-8,13H2,1-5H3,(H3,19,20,21). The number of hydrogen-bond donors (Lipinski definition) is 2. The van der Waals surface area contributed by atoms with E-state index in [1.165, 1.54) is 5.56 Å². The minimum Gasteiger partial charge on any atom is -0.370 e. The Balaban J connectivity index is 2.57. The first-order chi connectivity index (χ1) is 10.5. The fourth-order valence-electron chi connectivity index (χ4n) is 2.51. The largest absolute Gasteiger partial charge is 0.370 e. The summed E-state index contributed by atoms with van der Waals surface area (Å²) >= 11 is 0. The van der Waals surface area contributed by atoms with Crippen molar-refractivity contribution < 1.29 is 0 Å². The molecule has 1 aromatic rings. The Labute approximate surface area is 135 Å². The molecule has 0 bridgehead atoms. The van der Waals surface area contributed by atoms with Gasteiger partial charge in [0, 0.05) is 11.7 Å². The van der Waals surface area contributed by atoms with Crippen LogP contribution in [0.15, 0.2) is 29.3 Å². The van der Waals surface area contributed by atoms with Gasteiger partial charge in [0.15, 0.2) is 5.96 Å². The van der Waals surface area contributed by atoms with Crippen molar-refractivity contribution in [2.45, 2.75) is 53.0 Å². The van der Waals surface area contributed by atoms with E-state index in [1.807, 2.05) is 0 Å². The number of nitrogens with one attached hydrogen (secondary N) is 1. The maximum Gasteiger partial charge on any atom is 0.193 e. The number of guanidine groups is 1. The van der Waals surface area contributed by atoms with Gasteiger partial charge in [0.1, 0.15) is 0 Å². The summed E-state index contributed by atoms with van der Waals surface area (Å²) in [6.45, 7) is 13.8. The van der Waals surface area contributed by atoms with Crippen LogP contribution < -0.4 is 11.1 Å². The van der Waals surface area contributed by atoms with Crippen molar-refractivity contribution in [3.05, 3.63) is 29.8 Å². The molecule has 2 unspecified atom stereocenters. The molecule has 0 radical (unpaired) electrons. The van der Waals surface area contributed by atoms with E-state index in [2.05, 4.69) is 74.1 Å². The minimum absolute atomic E-state index is 0.406. The first-order valence-corrected chi connectivity index (χ1v) is 8.42. The van der Waals surface area contributed by atoms with E-state index in [0.717, 1.165) is 25.2 Å². The van der Waals surface area contributed by atoms with Gasteiger partial charge >= 0.3 is 0 Å². The summed E-state index contributed by atoms with van der Waals surface area (Å²) in [4.78, 5) is 6.82. The summed E-state index contributed by atoms with van der Waals surface area (Å²) in [6, 6.07) is 8.85. The van der Waals surface area contributed by atoms with Gasteiger partial charge < -0.3 is 11.1 Å². The van der Waals surface area contributed by atoms with Crippen molar-refractivity contribution in [1.29, 1.82) is 0 Å². The molecule has 4 nitrogen and oxygen atoms in total. The molecule has 3 N–H and O–H groups in total. The van der Waals surface area contributed by atoms with Crippen LogP contribution in [-0.2, 0) is 0 Å². The second-order valence-electron chi connectivity index (χ2n) is 5.85. The Hall–Kier alpha value is -1.55. The quantitative estimate of drug-likeness (QED) is 0.569. The van der Waals surface area contributed by atoms with E-state index >= 15 is 0 Å². The molecule has 1 rings (SSSR count). The number of nitrogens with zero attached hydrogens (tertiary/aromatic N) is 2. The molecule has 0 aliphatic heterocycles. The lowest BCUT2D eigenvalue weighted by atomic mass is 9.99. The van der Waals surface area contributed by atoms with Gasteiger partial charge in [0.05, 0.1) is 6.54 Å². The van der Waals surface area contributed by atoms with Crippen LogP contribution in [0.1, 0.15) is 52.5 Å². The van der Waals surface area contributed by atoms with Crippen molar-refractivity contribution in [3.63, 3.8) is 0 Å². The third-order valence-corrected chi connectivity index (χ3v) is 4.33. The van der Waals surface area contributed by atoms with Gasteiger partial charge in [-0.3, -0.25) is 9.89 Å². The third-order valence-electron chi connectivity index (χ3n) is 4.33. The number of likely N-dealkylation sites (N-methyl/N-ethyl adjacent to an activating group) is 1. The van der Waals surface area contributed by atoms with Gasteiger partial charge in [0.25, 0.3) is 0 Å².